The normalized spacial score (nSPS) is 15.7. The Morgan fingerprint density at radius 2 is 1.89 bits per heavy atom. The van der Waals surface area contributed by atoms with Crippen molar-refractivity contribution in [1.82, 2.24) is 5.32 Å². The summed E-state index contributed by atoms with van der Waals surface area (Å²) in [6, 6.07) is 11.0. The minimum Gasteiger partial charge on any atom is -0.490 e. The summed E-state index contributed by atoms with van der Waals surface area (Å²) >= 11 is 0. The Kier molecular flexibility index (Phi) is 5.12. The molecule has 2 aromatic rings. The summed E-state index contributed by atoms with van der Waals surface area (Å²) in [6.45, 7) is 3.86. The van der Waals surface area contributed by atoms with E-state index in [0.29, 0.717) is 22.8 Å². The van der Waals surface area contributed by atoms with Crippen LogP contribution in [-0.2, 0) is 9.59 Å². The van der Waals surface area contributed by atoms with E-state index >= 15 is 0 Å². The number of para-hydroxylation sites is 1. The fourth-order valence-corrected chi connectivity index (χ4v) is 2.53. The fourth-order valence-electron chi connectivity index (χ4n) is 2.53. The summed E-state index contributed by atoms with van der Waals surface area (Å²) in [7, 11) is 0. The highest BCUT2D eigenvalue weighted by atomic mass is 19.1. The van der Waals surface area contributed by atoms with Crippen molar-refractivity contribution in [3.8, 4) is 5.75 Å². The Balaban J connectivity index is 1.97. The molecule has 1 saturated heterocycles. The zero-order chi connectivity index (χ0) is 19.4. The summed E-state index contributed by atoms with van der Waals surface area (Å²) < 4.78 is 19.5. The van der Waals surface area contributed by atoms with Gasteiger partial charge in [-0.05, 0) is 35.9 Å². The van der Waals surface area contributed by atoms with Crippen molar-refractivity contribution in [3.63, 3.8) is 0 Å². The van der Waals surface area contributed by atoms with Crippen LogP contribution in [0.4, 0.5) is 14.9 Å². The topological polar surface area (TPSA) is 75.7 Å². The second-order valence-electron chi connectivity index (χ2n) is 5.58. The lowest BCUT2D eigenvalue weighted by atomic mass is 10.1. The Bertz CT molecular complexity index is 968. The van der Waals surface area contributed by atoms with Crippen molar-refractivity contribution < 1.29 is 23.5 Å². The maximum absolute atomic E-state index is 14.0. The van der Waals surface area contributed by atoms with Gasteiger partial charge in [0.25, 0.3) is 11.8 Å². The number of benzene rings is 2. The highest BCUT2D eigenvalue weighted by Crippen LogP contribution is 2.25. The molecule has 1 aliphatic heterocycles. The number of carbonyl (C=O) groups excluding carboxylic acids is 3. The number of carbonyl (C=O) groups is 3. The van der Waals surface area contributed by atoms with Crippen LogP contribution in [0, 0.1) is 5.82 Å². The zero-order valence-electron chi connectivity index (χ0n) is 14.1. The molecule has 1 heterocycles. The second-order valence-corrected chi connectivity index (χ2v) is 5.58. The molecule has 0 bridgehead atoms. The molecular formula is C20H15FN2O4. The van der Waals surface area contributed by atoms with Gasteiger partial charge in [0.2, 0.25) is 0 Å². The third-order valence-corrected chi connectivity index (χ3v) is 3.73. The zero-order valence-corrected chi connectivity index (χ0v) is 14.1. The Labute approximate surface area is 154 Å². The number of urea groups is 1. The lowest BCUT2D eigenvalue weighted by Crippen LogP contribution is -2.54. The van der Waals surface area contributed by atoms with Gasteiger partial charge in [0.15, 0.2) is 0 Å². The maximum Gasteiger partial charge on any atom is 0.336 e. The Morgan fingerprint density at radius 1 is 1.11 bits per heavy atom. The molecule has 27 heavy (non-hydrogen) atoms. The molecule has 2 aromatic carbocycles. The second kappa shape index (κ2) is 7.65. The molecule has 0 unspecified atom stereocenters. The molecule has 0 aliphatic carbocycles. The van der Waals surface area contributed by atoms with Gasteiger partial charge in [-0.25, -0.2) is 14.1 Å². The van der Waals surface area contributed by atoms with Crippen LogP contribution < -0.4 is 15.0 Å². The van der Waals surface area contributed by atoms with E-state index in [2.05, 4.69) is 11.9 Å². The van der Waals surface area contributed by atoms with Gasteiger partial charge in [-0.15, -0.1) is 0 Å². The van der Waals surface area contributed by atoms with Crippen LogP contribution in [0.15, 0.2) is 66.8 Å². The van der Waals surface area contributed by atoms with Gasteiger partial charge < -0.3 is 4.74 Å². The molecule has 0 spiro atoms. The van der Waals surface area contributed by atoms with Crippen LogP contribution in [0.1, 0.15) is 5.56 Å². The minimum absolute atomic E-state index is 0.235. The largest absolute Gasteiger partial charge is 0.490 e. The monoisotopic (exact) mass is 366 g/mol. The molecule has 0 radical (unpaired) electrons. The van der Waals surface area contributed by atoms with Crippen molar-refractivity contribution in [3.05, 3.63) is 78.1 Å². The quantitative estimate of drug-likeness (QED) is 0.501. The average molecular weight is 366 g/mol. The first-order valence-corrected chi connectivity index (χ1v) is 8.01. The molecular weight excluding hydrogens is 351 g/mol. The van der Waals surface area contributed by atoms with Crippen molar-refractivity contribution in [2.45, 2.75) is 0 Å². The fraction of sp³-hybridized carbons (Fsp3) is 0.0500. The van der Waals surface area contributed by atoms with Crippen molar-refractivity contribution >= 4 is 29.6 Å². The SMILES string of the molecule is C=CCOc1cccc(/C=C2\C(=O)NC(=O)N(c3ccccc3F)C2=O)c1. The first kappa shape index (κ1) is 18.1. The lowest BCUT2D eigenvalue weighted by Gasteiger charge is -2.26. The molecule has 0 atom stereocenters. The van der Waals surface area contributed by atoms with E-state index in [4.69, 9.17) is 4.74 Å². The van der Waals surface area contributed by atoms with Crippen LogP contribution in [-0.4, -0.2) is 24.5 Å². The number of hydrogen-bond acceptors (Lipinski definition) is 4. The van der Waals surface area contributed by atoms with Gasteiger partial charge in [0.05, 0.1) is 5.69 Å². The van der Waals surface area contributed by atoms with E-state index in [1.807, 2.05) is 0 Å². The summed E-state index contributed by atoms with van der Waals surface area (Å²) in [5.41, 5.74) is -0.0157. The lowest BCUT2D eigenvalue weighted by molar-refractivity contribution is -0.122. The van der Waals surface area contributed by atoms with Crippen molar-refractivity contribution in [1.29, 1.82) is 0 Å². The van der Waals surface area contributed by atoms with Crippen molar-refractivity contribution in [2.75, 3.05) is 11.5 Å². The predicted octanol–water partition coefficient (Wildman–Crippen LogP) is 3.06. The molecule has 0 saturated carbocycles. The highest BCUT2D eigenvalue weighted by Gasteiger charge is 2.37. The van der Waals surface area contributed by atoms with E-state index in [-0.39, 0.29) is 11.3 Å². The predicted molar refractivity (Wildman–Crippen MR) is 97.5 cm³/mol. The molecule has 4 amide bonds. The molecule has 136 valence electrons. The molecule has 1 fully saturated rings. The van der Waals surface area contributed by atoms with Crippen LogP contribution in [0.25, 0.3) is 6.08 Å². The van der Waals surface area contributed by atoms with Gasteiger partial charge >= 0.3 is 6.03 Å². The first-order valence-electron chi connectivity index (χ1n) is 8.01. The number of nitrogens with zero attached hydrogens (tertiary/aromatic N) is 1. The Morgan fingerprint density at radius 3 is 2.63 bits per heavy atom. The molecule has 3 rings (SSSR count). The molecule has 0 aromatic heterocycles. The number of barbiturate groups is 1. The smallest absolute Gasteiger partial charge is 0.336 e. The third kappa shape index (κ3) is 3.77. The highest BCUT2D eigenvalue weighted by molar-refractivity contribution is 6.39. The Hall–Kier alpha value is -3.74. The van der Waals surface area contributed by atoms with Gasteiger partial charge in [-0.2, -0.15) is 0 Å². The number of halogens is 1. The molecule has 6 nitrogen and oxygen atoms in total. The third-order valence-electron chi connectivity index (χ3n) is 3.73. The van der Waals surface area contributed by atoms with Crippen molar-refractivity contribution in [2.24, 2.45) is 0 Å². The number of amides is 4. The number of nitrogens with one attached hydrogen (secondary N) is 1. The van der Waals surface area contributed by atoms with Gasteiger partial charge in [-0.1, -0.05) is 36.9 Å². The van der Waals surface area contributed by atoms with Gasteiger partial charge in [0, 0.05) is 0 Å². The number of hydrogen-bond donors (Lipinski definition) is 1. The van der Waals surface area contributed by atoms with E-state index in [0.717, 1.165) is 6.07 Å². The van der Waals surface area contributed by atoms with Crippen LogP contribution in [0.2, 0.25) is 0 Å². The number of ether oxygens (including phenoxy) is 1. The summed E-state index contributed by atoms with van der Waals surface area (Å²) in [5, 5.41) is 2.05. The average Bonchev–Trinajstić information content (AvgIpc) is 2.65. The maximum atomic E-state index is 14.0. The minimum atomic E-state index is -1.00. The van der Waals surface area contributed by atoms with Crippen LogP contribution >= 0.6 is 0 Å². The van der Waals surface area contributed by atoms with Gasteiger partial charge in [-0.3, -0.25) is 14.9 Å². The molecule has 1 aliphatic rings. The summed E-state index contributed by atoms with van der Waals surface area (Å²) in [4.78, 5) is 37.6. The standard InChI is InChI=1S/C20H15FN2O4/c1-2-10-27-14-7-5-6-13(11-14)12-15-18(24)22-20(26)23(19(15)25)17-9-4-3-8-16(17)21/h2-9,11-12H,1,10H2,(H,22,24,26)/b15-12+. The number of imide groups is 2. The molecule has 1 N–H and O–H groups in total. The van der Waals surface area contributed by atoms with Gasteiger partial charge in [0.1, 0.15) is 23.7 Å². The number of rotatable bonds is 5. The van der Waals surface area contributed by atoms with E-state index in [1.165, 1.54) is 24.3 Å². The van der Waals surface area contributed by atoms with E-state index < -0.39 is 23.7 Å². The number of anilines is 1. The van der Waals surface area contributed by atoms with Crippen LogP contribution in [0.5, 0.6) is 5.75 Å². The first-order chi connectivity index (χ1) is 13.0. The molecule has 7 heteroatoms. The van der Waals surface area contributed by atoms with E-state index in [9.17, 15) is 18.8 Å². The van der Waals surface area contributed by atoms with Crippen LogP contribution in [0.3, 0.4) is 0 Å². The summed E-state index contributed by atoms with van der Waals surface area (Å²) in [5.74, 6) is -1.99. The van der Waals surface area contributed by atoms with E-state index in [1.54, 1.807) is 30.3 Å². The summed E-state index contributed by atoms with van der Waals surface area (Å²) in [6.07, 6.45) is 2.90.